The molecule has 5 nitrogen and oxygen atoms in total. The normalized spacial score (nSPS) is 19.5. The van der Waals surface area contributed by atoms with Crippen molar-refractivity contribution in [3.05, 3.63) is 29.8 Å². The molecule has 0 atom stereocenters. The second-order valence-electron chi connectivity index (χ2n) is 8.61. The molecule has 1 fully saturated rings. The minimum atomic E-state index is -3.45. The van der Waals surface area contributed by atoms with Crippen LogP contribution < -0.4 is 10.0 Å². The van der Waals surface area contributed by atoms with Crippen LogP contribution in [0.1, 0.15) is 83.1 Å². The van der Waals surface area contributed by atoms with E-state index in [1.165, 1.54) is 38.5 Å². The highest BCUT2D eigenvalue weighted by atomic mass is 79.9. The van der Waals surface area contributed by atoms with Crippen molar-refractivity contribution in [1.29, 1.82) is 0 Å². The lowest BCUT2D eigenvalue weighted by molar-refractivity contribution is 0.0220. The Bertz CT molecular complexity index is 689. The van der Waals surface area contributed by atoms with Gasteiger partial charge in [0, 0.05) is 18.0 Å². The van der Waals surface area contributed by atoms with Crippen molar-refractivity contribution in [2.24, 2.45) is 0 Å². The van der Waals surface area contributed by atoms with Crippen LogP contribution in [0.5, 0.6) is 0 Å². The number of hydrogen-bond donors (Lipinski definition) is 2. The lowest BCUT2D eigenvalue weighted by atomic mass is 9.94. The van der Waals surface area contributed by atoms with Gasteiger partial charge in [-0.3, -0.25) is 0 Å². The molecule has 0 aromatic heterocycles. The van der Waals surface area contributed by atoms with Gasteiger partial charge >= 0.3 is 0 Å². The first-order valence-corrected chi connectivity index (χ1v) is 14.6. The molecule has 2 N–H and O–H groups in total. The van der Waals surface area contributed by atoms with Gasteiger partial charge in [0.05, 0.1) is 11.0 Å². The standard InChI is InChI=1S/C24H41BrN2O3S/c1-2-3-6-17-26-18-7-4-5-8-19-30-23-13-11-22(12-14-23)27-31(28,29)24-15-9-21(20-25)10-16-24/h9-10,15-16,22-23,26-27H,2-8,11-14,17-20H2,1H3. The highest BCUT2D eigenvalue weighted by Crippen LogP contribution is 2.23. The Balaban J connectivity index is 1.52. The van der Waals surface area contributed by atoms with Crippen molar-refractivity contribution >= 4 is 26.0 Å². The zero-order chi connectivity index (χ0) is 22.4. The molecule has 1 aliphatic rings. The van der Waals surface area contributed by atoms with Gasteiger partial charge in [-0.15, -0.1) is 0 Å². The van der Waals surface area contributed by atoms with Crippen LogP contribution in [0.3, 0.4) is 0 Å². The van der Waals surface area contributed by atoms with Crippen molar-refractivity contribution in [3.63, 3.8) is 0 Å². The number of sulfonamides is 1. The van der Waals surface area contributed by atoms with E-state index in [-0.39, 0.29) is 12.1 Å². The predicted molar refractivity (Wildman–Crippen MR) is 132 cm³/mol. The lowest BCUT2D eigenvalue weighted by Crippen LogP contribution is -2.39. The van der Waals surface area contributed by atoms with E-state index < -0.39 is 10.0 Å². The van der Waals surface area contributed by atoms with E-state index in [9.17, 15) is 8.42 Å². The monoisotopic (exact) mass is 516 g/mol. The first kappa shape index (κ1) is 26.8. The maximum absolute atomic E-state index is 12.6. The molecule has 1 aromatic rings. The van der Waals surface area contributed by atoms with Crippen LogP contribution in [0.25, 0.3) is 0 Å². The fourth-order valence-electron chi connectivity index (χ4n) is 3.97. The molecule has 1 aromatic carbocycles. The molecule has 2 rings (SSSR count). The Hall–Kier alpha value is -0.470. The number of benzene rings is 1. The van der Waals surface area contributed by atoms with Crippen LogP contribution in [0, 0.1) is 0 Å². The van der Waals surface area contributed by atoms with E-state index in [1.54, 1.807) is 12.1 Å². The molecule has 31 heavy (non-hydrogen) atoms. The van der Waals surface area contributed by atoms with E-state index in [4.69, 9.17) is 4.74 Å². The first-order valence-electron chi connectivity index (χ1n) is 12.0. The quantitative estimate of drug-likeness (QED) is 0.224. The summed E-state index contributed by atoms with van der Waals surface area (Å²) >= 11 is 3.38. The Morgan fingerprint density at radius 3 is 2.23 bits per heavy atom. The summed E-state index contributed by atoms with van der Waals surface area (Å²) < 4.78 is 34.1. The molecule has 1 aliphatic carbocycles. The van der Waals surface area contributed by atoms with E-state index in [0.29, 0.717) is 4.90 Å². The third-order valence-corrected chi connectivity index (χ3v) is 8.13. The van der Waals surface area contributed by atoms with Gasteiger partial charge in [-0.25, -0.2) is 13.1 Å². The van der Waals surface area contributed by atoms with Crippen molar-refractivity contribution in [2.45, 2.75) is 99.9 Å². The Kier molecular flexibility index (Phi) is 13.3. The molecule has 0 saturated heterocycles. The highest BCUT2D eigenvalue weighted by Gasteiger charge is 2.26. The Morgan fingerprint density at radius 2 is 1.58 bits per heavy atom. The van der Waals surface area contributed by atoms with Gasteiger partial charge in [0.1, 0.15) is 0 Å². The van der Waals surface area contributed by atoms with Gasteiger partial charge in [0.2, 0.25) is 10.0 Å². The maximum atomic E-state index is 12.6. The number of rotatable bonds is 16. The number of ether oxygens (including phenoxy) is 1. The molecule has 0 spiro atoms. The fourth-order valence-corrected chi connectivity index (χ4v) is 5.65. The number of halogens is 1. The van der Waals surface area contributed by atoms with E-state index in [2.05, 4.69) is 32.9 Å². The summed E-state index contributed by atoms with van der Waals surface area (Å²) in [5.41, 5.74) is 1.07. The zero-order valence-corrected chi connectivity index (χ0v) is 21.5. The smallest absolute Gasteiger partial charge is 0.240 e. The van der Waals surface area contributed by atoms with Crippen molar-refractivity contribution in [3.8, 4) is 0 Å². The lowest BCUT2D eigenvalue weighted by Gasteiger charge is -2.29. The fraction of sp³-hybridized carbons (Fsp3) is 0.750. The van der Waals surface area contributed by atoms with Gasteiger partial charge in [0.15, 0.2) is 0 Å². The topological polar surface area (TPSA) is 67.4 Å². The van der Waals surface area contributed by atoms with E-state index in [1.807, 2.05) is 12.1 Å². The molecule has 0 amide bonds. The molecular formula is C24H41BrN2O3S. The minimum Gasteiger partial charge on any atom is -0.378 e. The van der Waals surface area contributed by atoms with Crippen molar-refractivity contribution in [2.75, 3.05) is 19.7 Å². The molecule has 0 radical (unpaired) electrons. The molecular weight excluding hydrogens is 476 g/mol. The summed E-state index contributed by atoms with van der Waals surface area (Å²) in [6.07, 6.45) is 12.6. The zero-order valence-electron chi connectivity index (χ0n) is 19.1. The minimum absolute atomic E-state index is 0.00512. The van der Waals surface area contributed by atoms with Crippen LogP contribution in [0.15, 0.2) is 29.2 Å². The molecule has 0 heterocycles. The summed E-state index contributed by atoms with van der Waals surface area (Å²) in [6, 6.07) is 7.05. The van der Waals surface area contributed by atoms with E-state index in [0.717, 1.165) is 62.7 Å². The number of nitrogens with one attached hydrogen (secondary N) is 2. The molecule has 178 valence electrons. The largest absolute Gasteiger partial charge is 0.378 e. The summed E-state index contributed by atoms with van der Waals surface area (Å²) in [4.78, 5) is 0.340. The summed E-state index contributed by atoms with van der Waals surface area (Å²) in [5, 5.41) is 4.24. The average Bonchev–Trinajstić information content (AvgIpc) is 2.78. The van der Waals surface area contributed by atoms with Gasteiger partial charge in [-0.1, -0.05) is 60.7 Å². The maximum Gasteiger partial charge on any atom is 0.240 e. The second-order valence-corrected chi connectivity index (χ2v) is 10.9. The third kappa shape index (κ3) is 10.8. The number of unbranched alkanes of at least 4 members (excludes halogenated alkanes) is 5. The van der Waals surface area contributed by atoms with Gasteiger partial charge in [-0.2, -0.15) is 0 Å². The van der Waals surface area contributed by atoms with Gasteiger partial charge in [0.25, 0.3) is 0 Å². The molecule has 0 bridgehead atoms. The summed E-state index contributed by atoms with van der Waals surface area (Å²) in [7, 11) is -3.45. The van der Waals surface area contributed by atoms with Crippen LogP contribution in [-0.4, -0.2) is 40.3 Å². The predicted octanol–water partition coefficient (Wildman–Crippen LogP) is 5.53. The summed E-state index contributed by atoms with van der Waals surface area (Å²) in [5.74, 6) is 0. The first-order chi connectivity index (χ1) is 15.0. The molecule has 0 unspecified atom stereocenters. The average molecular weight is 518 g/mol. The van der Waals surface area contributed by atoms with Gasteiger partial charge < -0.3 is 10.1 Å². The Morgan fingerprint density at radius 1 is 0.935 bits per heavy atom. The van der Waals surface area contributed by atoms with Crippen LogP contribution >= 0.6 is 15.9 Å². The Labute approximate surface area is 198 Å². The van der Waals surface area contributed by atoms with Crippen molar-refractivity contribution < 1.29 is 13.2 Å². The SMILES string of the molecule is CCCCCNCCCCCCOC1CCC(NS(=O)(=O)c2ccc(CBr)cc2)CC1. The molecule has 1 saturated carbocycles. The van der Waals surface area contributed by atoms with Crippen LogP contribution in [0.2, 0.25) is 0 Å². The molecule has 7 heteroatoms. The van der Waals surface area contributed by atoms with Gasteiger partial charge in [-0.05, 0) is 75.7 Å². The summed E-state index contributed by atoms with van der Waals surface area (Å²) in [6.45, 7) is 5.34. The third-order valence-electron chi connectivity index (χ3n) is 5.94. The van der Waals surface area contributed by atoms with Crippen LogP contribution in [-0.2, 0) is 20.1 Å². The van der Waals surface area contributed by atoms with Crippen LogP contribution in [0.4, 0.5) is 0 Å². The second kappa shape index (κ2) is 15.4. The number of hydrogen-bond acceptors (Lipinski definition) is 4. The highest BCUT2D eigenvalue weighted by molar-refractivity contribution is 9.08. The van der Waals surface area contributed by atoms with E-state index >= 15 is 0 Å². The number of alkyl halides is 1. The van der Waals surface area contributed by atoms with Crippen molar-refractivity contribution in [1.82, 2.24) is 10.0 Å². The molecule has 0 aliphatic heterocycles.